The molecule has 0 fully saturated rings. The van der Waals surface area contributed by atoms with E-state index in [-0.39, 0.29) is 30.2 Å². The fourth-order valence-electron chi connectivity index (χ4n) is 2.99. The van der Waals surface area contributed by atoms with Gasteiger partial charge in [-0.1, -0.05) is 24.3 Å². The van der Waals surface area contributed by atoms with Crippen LogP contribution in [0.4, 0.5) is 5.69 Å². The Labute approximate surface area is 171 Å². The molecule has 1 heterocycles. The van der Waals surface area contributed by atoms with Gasteiger partial charge in [-0.05, 0) is 49.0 Å². The Morgan fingerprint density at radius 3 is 2.43 bits per heavy atom. The molecule has 2 aromatic carbocycles. The van der Waals surface area contributed by atoms with Gasteiger partial charge in [-0.2, -0.15) is 0 Å². The van der Waals surface area contributed by atoms with Crippen molar-refractivity contribution >= 4 is 39.4 Å². The van der Waals surface area contributed by atoms with Crippen LogP contribution in [0.1, 0.15) is 13.8 Å². The Morgan fingerprint density at radius 2 is 1.77 bits per heavy atom. The maximum absolute atomic E-state index is 12.3. The van der Waals surface area contributed by atoms with Crippen LogP contribution in [0.5, 0.6) is 5.75 Å². The molecule has 0 amide bonds. The summed E-state index contributed by atoms with van der Waals surface area (Å²) in [4.78, 5) is 36.3. The van der Waals surface area contributed by atoms with Gasteiger partial charge < -0.3 is 24.3 Å². The molecule has 3 aromatic rings. The van der Waals surface area contributed by atoms with Crippen LogP contribution in [0, 0.1) is 5.92 Å². The van der Waals surface area contributed by atoms with E-state index in [1.54, 1.807) is 13.8 Å². The van der Waals surface area contributed by atoms with Gasteiger partial charge in [0.1, 0.15) is 5.69 Å². The number of esters is 2. The molecule has 3 rings (SSSR count). The van der Waals surface area contributed by atoms with Crippen LogP contribution in [0.3, 0.4) is 0 Å². The van der Waals surface area contributed by atoms with Crippen molar-refractivity contribution in [1.82, 2.24) is 0 Å². The second-order valence-electron chi connectivity index (χ2n) is 6.29. The highest BCUT2D eigenvalue weighted by Gasteiger charge is 2.26. The minimum atomic E-state index is -1.27. The van der Waals surface area contributed by atoms with Crippen molar-refractivity contribution < 1.29 is 28.6 Å². The molecule has 0 aliphatic rings. The molecule has 2 N–H and O–H groups in total. The smallest absolute Gasteiger partial charge is 0.360 e. The Morgan fingerprint density at radius 1 is 1.10 bits per heavy atom. The van der Waals surface area contributed by atoms with Crippen LogP contribution >= 0.6 is 0 Å². The number of hydrogen-bond acceptors (Lipinski definition) is 8. The summed E-state index contributed by atoms with van der Waals surface area (Å²) >= 11 is 0. The molecular weight excluding hydrogens is 390 g/mol. The zero-order valence-corrected chi connectivity index (χ0v) is 16.5. The van der Waals surface area contributed by atoms with Crippen molar-refractivity contribution in [2.24, 2.45) is 5.92 Å². The number of benzene rings is 2. The highest BCUT2D eigenvalue weighted by molar-refractivity contribution is 6.08. The topological polar surface area (TPSA) is 115 Å². The summed E-state index contributed by atoms with van der Waals surface area (Å²) < 4.78 is 15.1. The van der Waals surface area contributed by atoms with Gasteiger partial charge in [0.25, 0.3) is 0 Å². The highest BCUT2D eigenvalue weighted by Crippen LogP contribution is 2.32. The number of carbonyl (C=O) groups excluding carboxylic acids is 2. The molecule has 0 aliphatic carbocycles. The monoisotopic (exact) mass is 411 g/mol. The summed E-state index contributed by atoms with van der Waals surface area (Å²) in [6.45, 7) is 3.48. The van der Waals surface area contributed by atoms with Crippen LogP contribution in [-0.4, -0.2) is 30.3 Å². The lowest BCUT2D eigenvalue weighted by Crippen LogP contribution is -2.26. The maximum Gasteiger partial charge on any atom is 0.360 e. The van der Waals surface area contributed by atoms with Crippen LogP contribution in [0.15, 0.2) is 57.9 Å². The fourth-order valence-corrected chi connectivity index (χ4v) is 2.99. The lowest BCUT2D eigenvalue weighted by Gasteiger charge is -2.11. The van der Waals surface area contributed by atoms with Gasteiger partial charge in [-0.25, -0.2) is 4.79 Å². The molecule has 8 nitrogen and oxygen atoms in total. The first-order valence-electron chi connectivity index (χ1n) is 9.41. The highest BCUT2D eigenvalue weighted by atomic mass is 16.6. The number of nitrogens with one attached hydrogen (secondary N) is 1. The van der Waals surface area contributed by atoms with Gasteiger partial charge in [0.15, 0.2) is 17.3 Å². The molecule has 30 heavy (non-hydrogen) atoms. The molecule has 156 valence electrons. The summed E-state index contributed by atoms with van der Waals surface area (Å²) in [5.41, 5.74) is -0.577. The van der Waals surface area contributed by atoms with E-state index in [2.05, 4.69) is 5.32 Å². The molecule has 1 aromatic heterocycles. The zero-order valence-electron chi connectivity index (χ0n) is 16.5. The molecule has 8 heteroatoms. The normalized spacial score (nSPS) is 11.3. The number of anilines is 1. The molecule has 0 radical (unpaired) electrons. The van der Waals surface area contributed by atoms with Gasteiger partial charge in [0, 0.05) is 5.39 Å². The number of carbonyl (C=O) groups is 2. The number of hydrogen-bond donors (Lipinski definition) is 2. The molecule has 0 aliphatic heterocycles. The van der Waals surface area contributed by atoms with Crippen molar-refractivity contribution in [3.05, 3.63) is 59.1 Å². The third kappa shape index (κ3) is 4.27. The minimum Gasteiger partial charge on any atom is -0.504 e. The summed E-state index contributed by atoms with van der Waals surface area (Å²) in [6.07, 6.45) is 2.53. The molecule has 0 spiro atoms. The Kier molecular flexibility index (Phi) is 6.36. The summed E-state index contributed by atoms with van der Waals surface area (Å²) in [5.74, 6) is -2.92. The van der Waals surface area contributed by atoms with E-state index in [1.807, 2.05) is 24.3 Å². The molecule has 0 saturated carbocycles. The van der Waals surface area contributed by atoms with Crippen molar-refractivity contribution in [3.63, 3.8) is 0 Å². The zero-order chi connectivity index (χ0) is 21.7. The largest absolute Gasteiger partial charge is 0.504 e. The van der Waals surface area contributed by atoms with E-state index in [0.717, 1.165) is 10.8 Å². The Balaban J connectivity index is 1.95. The van der Waals surface area contributed by atoms with Gasteiger partial charge in [-0.15, -0.1) is 0 Å². The van der Waals surface area contributed by atoms with Crippen LogP contribution in [-0.2, 0) is 19.1 Å². The van der Waals surface area contributed by atoms with Gasteiger partial charge in [0.2, 0.25) is 0 Å². The average Bonchev–Trinajstić information content (AvgIpc) is 2.72. The Bertz CT molecular complexity index is 1160. The van der Waals surface area contributed by atoms with Crippen molar-refractivity contribution in [2.45, 2.75) is 13.8 Å². The summed E-state index contributed by atoms with van der Waals surface area (Å²) in [7, 11) is 0. The number of rotatable bonds is 7. The van der Waals surface area contributed by atoms with Crippen molar-refractivity contribution in [3.8, 4) is 5.75 Å². The van der Waals surface area contributed by atoms with Crippen molar-refractivity contribution in [2.75, 3.05) is 18.5 Å². The summed E-state index contributed by atoms with van der Waals surface area (Å²) in [6, 6.07) is 10.4. The molecule has 0 unspecified atom stereocenters. The summed E-state index contributed by atoms with van der Waals surface area (Å²) in [5, 5.41) is 15.0. The van der Waals surface area contributed by atoms with Crippen LogP contribution < -0.4 is 10.9 Å². The molecule has 0 atom stereocenters. The van der Waals surface area contributed by atoms with Gasteiger partial charge >= 0.3 is 17.6 Å². The third-order valence-corrected chi connectivity index (χ3v) is 4.33. The van der Waals surface area contributed by atoms with E-state index in [9.17, 15) is 19.5 Å². The SMILES string of the molecule is CCOC(=O)C(/C=C/Nc1cc2c(oc1=O)c(O)cc1ccccc12)C(=O)OCC. The van der Waals surface area contributed by atoms with E-state index >= 15 is 0 Å². The average molecular weight is 411 g/mol. The lowest BCUT2D eigenvalue weighted by molar-refractivity contribution is -0.158. The maximum atomic E-state index is 12.3. The quantitative estimate of drug-likeness (QED) is 0.263. The third-order valence-electron chi connectivity index (χ3n) is 4.33. The second kappa shape index (κ2) is 9.13. The van der Waals surface area contributed by atoms with E-state index in [1.165, 1.54) is 24.4 Å². The Hall–Kier alpha value is -3.81. The molecule has 0 saturated heterocycles. The predicted octanol–water partition coefficient (Wildman–Crippen LogP) is 3.32. The predicted molar refractivity (Wildman–Crippen MR) is 111 cm³/mol. The second-order valence-corrected chi connectivity index (χ2v) is 6.29. The first-order valence-corrected chi connectivity index (χ1v) is 9.41. The van der Waals surface area contributed by atoms with Crippen LogP contribution in [0.25, 0.3) is 21.7 Å². The van der Waals surface area contributed by atoms with Gasteiger partial charge in [-0.3, -0.25) is 9.59 Å². The first-order chi connectivity index (χ1) is 14.5. The van der Waals surface area contributed by atoms with Crippen molar-refractivity contribution in [1.29, 1.82) is 0 Å². The molecular formula is C22H21NO7. The number of phenols is 1. The first kappa shape index (κ1) is 20.9. The number of ether oxygens (including phenoxy) is 2. The van der Waals surface area contributed by atoms with E-state index < -0.39 is 23.5 Å². The van der Waals surface area contributed by atoms with E-state index in [4.69, 9.17) is 13.9 Å². The van der Waals surface area contributed by atoms with Crippen LogP contribution in [0.2, 0.25) is 0 Å². The lowest BCUT2D eigenvalue weighted by atomic mass is 10.0. The fraction of sp³-hybridized carbons (Fsp3) is 0.227. The molecule has 0 bridgehead atoms. The van der Waals surface area contributed by atoms with Gasteiger partial charge in [0.05, 0.1) is 13.2 Å². The van der Waals surface area contributed by atoms with E-state index in [0.29, 0.717) is 5.39 Å². The number of aromatic hydroxyl groups is 1. The minimum absolute atomic E-state index is 0.0703. The number of fused-ring (bicyclic) bond motifs is 3. The number of phenolic OH excluding ortho intramolecular Hbond substituents is 1. The standard InChI is InChI=1S/C22H21NO7/c1-3-28-20(25)15(21(26)29-4-2)9-10-23-17-12-16-14-8-6-5-7-13(14)11-18(24)19(16)30-22(17)27/h5-12,15,23-24H,3-4H2,1-2H3/b10-9+.